The Balaban J connectivity index is 2.53. The Kier molecular flexibility index (Phi) is 3.23. The van der Waals surface area contributed by atoms with E-state index in [1.165, 1.54) is 0 Å². The van der Waals surface area contributed by atoms with Crippen molar-refractivity contribution in [3.8, 4) is 23.1 Å². The molecule has 1 heterocycles. The lowest BCUT2D eigenvalue weighted by Crippen LogP contribution is -1.92. The van der Waals surface area contributed by atoms with Crippen LogP contribution in [0.5, 0.6) is 0 Å². The van der Waals surface area contributed by atoms with Gasteiger partial charge in [-0.3, -0.25) is 4.79 Å². The van der Waals surface area contributed by atoms with Gasteiger partial charge in [0.15, 0.2) is 6.29 Å². The summed E-state index contributed by atoms with van der Waals surface area (Å²) >= 11 is 0. The van der Waals surface area contributed by atoms with Crippen LogP contribution in [0, 0.1) is 11.8 Å². The van der Waals surface area contributed by atoms with Gasteiger partial charge >= 0.3 is 0 Å². The lowest BCUT2D eigenvalue weighted by molar-refractivity contribution is -0.103. The van der Waals surface area contributed by atoms with E-state index in [9.17, 15) is 4.79 Å². The summed E-state index contributed by atoms with van der Waals surface area (Å²) in [6.45, 7) is 3.76. The topological polar surface area (TPSA) is 22.0 Å². The van der Waals surface area contributed by atoms with E-state index in [1.54, 1.807) is 6.20 Å². The maximum absolute atomic E-state index is 10.2. The molecule has 0 saturated heterocycles. The quantitative estimate of drug-likeness (QED) is 0.564. The predicted octanol–water partition coefficient (Wildman–Crippen LogP) is 2.81. The van der Waals surface area contributed by atoms with Crippen LogP contribution in [-0.4, -0.2) is 10.9 Å². The summed E-state index contributed by atoms with van der Waals surface area (Å²) in [7, 11) is 0. The van der Waals surface area contributed by atoms with Gasteiger partial charge in [-0.2, -0.15) is 0 Å². The zero-order valence-corrected chi connectivity index (χ0v) is 9.26. The summed E-state index contributed by atoms with van der Waals surface area (Å²) < 4.78 is 1.87. The molecule has 0 atom stereocenters. The highest BCUT2D eigenvalue weighted by Crippen LogP contribution is 2.22. The largest absolute Gasteiger partial charge is 0.310 e. The maximum atomic E-state index is 10.2. The van der Waals surface area contributed by atoms with Gasteiger partial charge in [0.1, 0.15) is 0 Å². The zero-order valence-electron chi connectivity index (χ0n) is 9.26. The van der Waals surface area contributed by atoms with Crippen molar-refractivity contribution in [2.24, 2.45) is 0 Å². The van der Waals surface area contributed by atoms with E-state index in [0.29, 0.717) is 6.29 Å². The van der Waals surface area contributed by atoms with Crippen molar-refractivity contribution in [1.82, 2.24) is 4.57 Å². The van der Waals surface area contributed by atoms with Gasteiger partial charge in [-0.05, 0) is 29.5 Å². The predicted molar refractivity (Wildman–Crippen MR) is 69.2 cm³/mol. The average Bonchev–Trinajstić information content (AvgIpc) is 2.80. The first kappa shape index (κ1) is 11.0. The SMILES string of the molecule is C=Cn1c(C#CC=O)ccc1-c1ccccc1. The first-order valence-corrected chi connectivity index (χ1v) is 5.21. The fourth-order valence-corrected chi connectivity index (χ4v) is 1.69. The molecule has 0 saturated carbocycles. The number of nitrogens with zero attached hydrogens (tertiary/aromatic N) is 1. The van der Waals surface area contributed by atoms with Crippen LogP contribution in [0.4, 0.5) is 0 Å². The molecule has 1 aromatic carbocycles. The van der Waals surface area contributed by atoms with E-state index in [1.807, 2.05) is 47.0 Å². The molecular weight excluding hydrogens is 210 g/mol. The van der Waals surface area contributed by atoms with Gasteiger partial charge in [0.05, 0.1) is 11.4 Å². The molecule has 0 spiro atoms. The molecule has 2 aromatic rings. The fourth-order valence-electron chi connectivity index (χ4n) is 1.69. The van der Waals surface area contributed by atoms with Crippen molar-refractivity contribution in [3.05, 3.63) is 54.7 Å². The molecule has 1 aromatic heterocycles. The minimum atomic E-state index is 0.586. The van der Waals surface area contributed by atoms with Crippen LogP contribution in [0.25, 0.3) is 17.5 Å². The average molecular weight is 221 g/mol. The van der Waals surface area contributed by atoms with Gasteiger partial charge < -0.3 is 4.57 Å². The lowest BCUT2D eigenvalue weighted by atomic mass is 10.1. The van der Waals surface area contributed by atoms with Crippen LogP contribution < -0.4 is 0 Å². The van der Waals surface area contributed by atoms with Gasteiger partial charge in [0.2, 0.25) is 0 Å². The Labute approximate surface area is 100 Å². The number of hydrogen-bond acceptors (Lipinski definition) is 1. The summed E-state index contributed by atoms with van der Waals surface area (Å²) in [4.78, 5) is 10.2. The van der Waals surface area contributed by atoms with Crippen molar-refractivity contribution in [2.75, 3.05) is 0 Å². The van der Waals surface area contributed by atoms with Gasteiger partial charge in [0.25, 0.3) is 0 Å². The van der Waals surface area contributed by atoms with Gasteiger partial charge in [-0.15, -0.1) is 0 Å². The van der Waals surface area contributed by atoms with E-state index in [0.717, 1.165) is 17.0 Å². The highest BCUT2D eigenvalue weighted by molar-refractivity contribution is 5.74. The van der Waals surface area contributed by atoms with E-state index in [4.69, 9.17) is 0 Å². The van der Waals surface area contributed by atoms with Crippen molar-refractivity contribution in [3.63, 3.8) is 0 Å². The summed E-state index contributed by atoms with van der Waals surface area (Å²) in [6, 6.07) is 13.8. The molecule has 0 aliphatic carbocycles. The zero-order chi connectivity index (χ0) is 12.1. The van der Waals surface area contributed by atoms with Crippen LogP contribution in [0.3, 0.4) is 0 Å². The Morgan fingerprint density at radius 1 is 1.12 bits per heavy atom. The number of aromatic nitrogens is 1. The summed E-state index contributed by atoms with van der Waals surface area (Å²) in [5.41, 5.74) is 2.85. The molecule has 82 valence electrons. The Morgan fingerprint density at radius 2 is 1.88 bits per heavy atom. The normalized spacial score (nSPS) is 9.18. The monoisotopic (exact) mass is 221 g/mol. The van der Waals surface area contributed by atoms with Crippen LogP contribution in [0.15, 0.2) is 49.0 Å². The number of rotatable bonds is 2. The fraction of sp³-hybridized carbons (Fsp3) is 0. The third-order valence-corrected chi connectivity index (χ3v) is 2.43. The highest BCUT2D eigenvalue weighted by Gasteiger charge is 2.05. The highest BCUT2D eigenvalue weighted by atomic mass is 16.1. The van der Waals surface area contributed by atoms with E-state index >= 15 is 0 Å². The molecule has 0 unspecified atom stereocenters. The van der Waals surface area contributed by atoms with Crippen LogP contribution >= 0.6 is 0 Å². The Bertz CT molecular complexity index is 597. The van der Waals surface area contributed by atoms with Crippen molar-refractivity contribution in [1.29, 1.82) is 0 Å². The minimum Gasteiger partial charge on any atom is -0.310 e. The molecule has 0 bridgehead atoms. The number of carbonyl (C=O) groups excluding carboxylic acids is 1. The Hall–Kier alpha value is -2.53. The van der Waals surface area contributed by atoms with E-state index in [-0.39, 0.29) is 0 Å². The standard InChI is InChI=1S/C15H11NO/c1-2-16-14(9-6-12-17)10-11-15(16)13-7-4-3-5-8-13/h2-5,7-8,10-12H,1H2. The molecule has 0 aliphatic rings. The van der Waals surface area contributed by atoms with Gasteiger partial charge in [-0.25, -0.2) is 0 Å². The Morgan fingerprint density at radius 3 is 2.53 bits per heavy atom. The van der Waals surface area contributed by atoms with Gasteiger partial charge in [-0.1, -0.05) is 36.9 Å². The first-order chi connectivity index (χ1) is 8.36. The van der Waals surface area contributed by atoms with Crippen LogP contribution in [0.1, 0.15) is 5.69 Å². The number of aldehydes is 1. The first-order valence-electron chi connectivity index (χ1n) is 5.21. The van der Waals surface area contributed by atoms with Gasteiger partial charge in [0, 0.05) is 6.20 Å². The molecule has 0 radical (unpaired) electrons. The van der Waals surface area contributed by atoms with Crippen LogP contribution in [-0.2, 0) is 4.79 Å². The van der Waals surface area contributed by atoms with Crippen LogP contribution in [0.2, 0.25) is 0 Å². The molecule has 0 aliphatic heterocycles. The molecule has 2 rings (SSSR count). The molecule has 2 heteroatoms. The molecular formula is C15H11NO. The second kappa shape index (κ2) is 5.00. The maximum Gasteiger partial charge on any atom is 0.193 e. The van der Waals surface area contributed by atoms with Crippen molar-refractivity contribution in [2.45, 2.75) is 0 Å². The number of benzene rings is 1. The second-order valence-corrected chi connectivity index (χ2v) is 3.41. The number of hydrogen-bond donors (Lipinski definition) is 0. The van der Waals surface area contributed by atoms with E-state index < -0.39 is 0 Å². The molecule has 17 heavy (non-hydrogen) atoms. The summed E-state index contributed by atoms with van der Waals surface area (Å²) in [6.07, 6.45) is 2.28. The third-order valence-electron chi connectivity index (χ3n) is 2.43. The molecule has 0 amide bonds. The molecule has 2 nitrogen and oxygen atoms in total. The second-order valence-electron chi connectivity index (χ2n) is 3.41. The molecule has 0 fully saturated rings. The molecule has 0 N–H and O–H groups in total. The number of carbonyl (C=O) groups is 1. The summed E-state index contributed by atoms with van der Waals surface area (Å²) in [5, 5.41) is 0. The smallest absolute Gasteiger partial charge is 0.193 e. The van der Waals surface area contributed by atoms with Crippen molar-refractivity contribution < 1.29 is 4.79 Å². The van der Waals surface area contributed by atoms with Crippen molar-refractivity contribution >= 4 is 12.5 Å². The summed E-state index contributed by atoms with van der Waals surface area (Å²) in [5.74, 6) is 5.18. The van der Waals surface area contributed by atoms with E-state index in [2.05, 4.69) is 18.4 Å². The third kappa shape index (κ3) is 2.19. The minimum absolute atomic E-state index is 0.586. The lowest BCUT2D eigenvalue weighted by Gasteiger charge is -2.04.